The molecule has 0 amide bonds. The van der Waals surface area contributed by atoms with E-state index in [1.54, 1.807) is 10.9 Å². The second-order valence-electron chi connectivity index (χ2n) is 4.72. The van der Waals surface area contributed by atoms with E-state index in [4.69, 9.17) is 0 Å². The Bertz CT molecular complexity index is 523. The SMILES string of the molecule is Cc1cc(C)cc(CC(O)c2c(Br)cnn2C)c1. The van der Waals surface area contributed by atoms with Gasteiger partial charge in [-0.3, -0.25) is 4.68 Å². The minimum absolute atomic E-state index is 0.548. The van der Waals surface area contributed by atoms with Gasteiger partial charge >= 0.3 is 0 Å². The minimum Gasteiger partial charge on any atom is -0.386 e. The lowest BCUT2D eigenvalue weighted by Gasteiger charge is -2.13. The first kappa shape index (κ1) is 13.3. The molecule has 1 heterocycles. The number of aryl methyl sites for hydroxylation is 3. The average Bonchev–Trinajstić information content (AvgIpc) is 2.56. The van der Waals surface area contributed by atoms with Gasteiger partial charge in [0.05, 0.1) is 16.4 Å². The fourth-order valence-corrected chi connectivity index (χ4v) is 2.91. The molecule has 0 saturated carbocycles. The Balaban J connectivity index is 2.24. The third-order valence-corrected chi connectivity index (χ3v) is 3.57. The van der Waals surface area contributed by atoms with E-state index < -0.39 is 6.10 Å². The van der Waals surface area contributed by atoms with Gasteiger partial charge in [-0.1, -0.05) is 29.3 Å². The lowest BCUT2D eigenvalue weighted by Crippen LogP contribution is -2.08. The van der Waals surface area contributed by atoms with Gasteiger partial charge < -0.3 is 5.11 Å². The predicted octanol–water partition coefficient (Wildman–Crippen LogP) is 3.08. The lowest BCUT2D eigenvalue weighted by molar-refractivity contribution is 0.167. The van der Waals surface area contributed by atoms with Crippen molar-refractivity contribution in [2.75, 3.05) is 0 Å². The van der Waals surface area contributed by atoms with E-state index in [0.717, 1.165) is 15.7 Å². The summed E-state index contributed by atoms with van der Waals surface area (Å²) >= 11 is 3.42. The summed E-state index contributed by atoms with van der Waals surface area (Å²) in [6, 6.07) is 6.36. The summed E-state index contributed by atoms with van der Waals surface area (Å²) in [6.07, 6.45) is 1.76. The molecule has 1 aromatic carbocycles. The maximum absolute atomic E-state index is 10.3. The number of benzene rings is 1. The van der Waals surface area contributed by atoms with Crippen molar-refractivity contribution in [1.29, 1.82) is 0 Å². The van der Waals surface area contributed by atoms with Gasteiger partial charge in [0.25, 0.3) is 0 Å². The van der Waals surface area contributed by atoms with Crippen molar-refractivity contribution in [2.45, 2.75) is 26.4 Å². The van der Waals surface area contributed by atoms with Crippen LogP contribution in [0, 0.1) is 13.8 Å². The van der Waals surface area contributed by atoms with Crippen molar-refractivity contribution in [2.24, 2.45) is 7.05 Å². The van der Waals surface area contributed by atoms with E-state index in [0.29, 0.717) is 6.42 Å². The molecular weight excluding hydrogens is 292 g/mol. The van der Waals surface area contributed by atoms with E-state index in [1.807, 2.05) is 7.05 Å². The standard InChI is InChI=1S/C14H17BrN2O/c1-9-4-10(2)6-11(5-9)7-13(18)14-12(15)8-16-17(14)3/h4-6,8,13,18H,7H2,1-3H3. The van der Waals surface area contributed by atoms with Crippen LogP contribution in [0.2, 0.25) is 0 Å². The molecule has 1 N–H and O–H groups in total. The fraction of sp³-hybridized carbons (Fsp3) is 0.357. The summed E-state index contributed by atoms with van der Waals surface area (Å²) in [4.78, 5) is 0. The van der Waals surface area contributed by atoms with Crippen molar-refractivity contribution in [1.82, 2.24) is 9.78 Å². The zero-order valence-corrected chi connectivity index (χ0v) is 12.4. The molecule has 1 unspecified atom stereocenters. The highest BCUT2D eigenvalue weighted by Gasteiger charge is 2.16. The molecule has 0 aliphatic heterocycles. The van der Waals surface area contributed by atoms with Crippen LogP contribution in [-0.4, -0.2) is 14.9 Å². The number of halogens is 1. The third kappa shape index (κ3) is 2.82. The Labute approximate surface area is 116 Å². The van der Waals surface area contributed by atoms with Crippen molar-refractivity contribution in [3.05, 3.63) is 51.3 Å². The first-order valence-corrected chi connectivity index (χ1v) is 6.69. The Morgan fingerprint density at radius 2 is 1.89 bits per heavy atom. The molecule has 0 fully saturated rings. The number of aliphatic hydroxyl groups excluding tert-OH is 1. The highest BCUT2D eigenvalue weighted by molar-refractivity contribution is 9.10. The van der Waals surface area contributed by atoms with E-state index in [-0.39, 0.29) is 0 Å². The Morgan fingerprint density at radius 3 is 2.39 bits per heavy atom. The summed E-state index contributed by atoms with van der Waals surface area (Å²) in [5.41, 5.74) is 4.41. The maximum atomic E-state index is 10.3. The molecule has 0 saturated heterocycles. The van der Waals surface area contributed by atoms with Crippen LogP contribution < -0.4 is 0 Å². The summed E-state index contributed by atoms with van der Waals surface area (Å²) in [5, 5.41) is 14.4. The molecule has 1 aromatic heterocycles. The van der Waals surface area contributed by atoms with Crippen molar-refractivity contribution in [3.63, 3.8) is 0 Å². The van der Waals surface area contributed by atoms with Crippen LogP contribution in [0.4, 0.5) is 0 Å². The van der Waals surface area contributed by atoms with E-state index >= 15 is 0 Å². The molecule has 0 aliphatic rings. The summed E-state index contributed by atoms with van der Waals surface area (Å²) < 4.78 is 2.55. The molecular formula is C14H17BrN2O. The van der Waals surface area contributed by atoms with Crippen LogP contribution in [0.3, 0.4) is 0 Å². The molecule has 0 radical (unpaired) electrons. The van der Waals surface area contributed by atoms with Gasteiger partial charge in [0, 0.05) is 13.5 Å². The van der Waals surface area contributed by atoms with Gasteiger partial charge in [-0.2, -0.15) is 5.10 Å². The van der Waals surface area contributed by atoms with Crippen LogP contribution >= 0.6 is 15.9 Å². The second kappa shape index (κ2) is 5.24. The summed E-state index contributed by atoms with van der Waals surface area (Å²) in [5.74, 6) is 0. The Hall–Kier alpha value is -1.13. The first-order valence-electron chi connectivity index (χ1n) is 5.90. The summed E-state index contributed by atoms with van der Waals surface area (Å²) in [7, 11) is 1.84. The van der Waals surface area contributed by atoms with Crippen molar-refractivity contribution < 1.29 is 5.11 Å². The van der Waals surface area contributed by atoms with Crippen molar-refractivity contribution in [3.8, 4) is 0 Å². The molecule has 1 atom stereocenters. The normalized spacial score (nSPS) is 12.7. The highest BCUT2D eigenvalue weighted by atomic mass is 79.9. The first-order chi connectivity index (χ1) is 8.47. The van der Waals surface area contributed by atoms with Crippen LogP contribution in [-0.2, 0) is 13.5 Å². The quantitative estimate of drug-likeness (QED) is 0.946. The van der Waals surface area contributed by atoms with Crippen LogP contribution in [0.5, 0.6) is 0 Å². The van der Waals surface area contributed by atoms with Gasteiger partial charge in [-0.25, -0.2) is 0 Å². The van der Waals surface area contributed by atoms with Gasteiger partial charge in [0.15, 0.2) is 0 Å². The molecule has 0 aliphatic carbocycles. The van der Waals surface area contributed by atoms with E-state index in [2.05, 4.69) is 53.1 Å². The average molecular weight is 309 g/mol. The largest absolute Gasteiger partial charge is 0.386 e. The smallest absolute Gasteiger partial charge is 0.101 e. The molecule has 2 rings (SSSR count). The highest BCUT2D eigenvalue weighted by Crippen LogP contribution is 2.25. The van der Waals surface area contributed by atoms with Crippen LogP contribution in [0.25, 0.3) is 0 Å². The van der Waals surface area contributed by atoms with Crippen LogP contribution in [0.1, 0.15) is 28.5 Å². The number of rotatable bonds is 3. The molecule has 0 bridgehead atoms. The number of nitrogens with zero attached hydrogens (tertiary/aromatic N) is 2. The number of hydrogen-bond acceptors (Lipinski definition) is 2. The van der Waals surface area contributed by atoms with E-state index in [1.165, 1.54) is 11.1 Å². The third-order valence-electron chi connectivity index (χ3n) is 2.96. The Morgan fingerprint density at radius 1 is 1.28 bits per heavy atom. The predicted molar refractivity (Wildman–Crippen MR) is 75.5 cm³/mol. The minimum atomic E-state index is -0.548. The number of aromatic nitrogens is 2. The van der Waals surface area contributed by atoms with Gasteiger partial charge in [-0.05, 0) is 35.3 Å². The van der Waals surface area contributed by atoms with Crippen molar-refractivity contribution >= 4 is 15.9 Å². The zero-order valence-electron chi connectivity index (χ0n) is 10.8. The maximum Gasteiger partial charge on any atom is 0.101 e. The molecule has 2 aromatic rings. The molecule has 4 heteroatoms. The van der Waals surface area contributed by atoms with Gasteiger partial charge in [0.2, 0.25) is 0 Å². The number of aliphatic hydroxyl groups is 1. The fourth-order valence-electron chi connectivity index (χ4n) is 2.30. The van der Waals surface area contributed by atoms with Gasteiger partial charge in [0.1, 0.15) is 6.10 Å². The monoisotopic (exact) mass is 308 g/mol. The topological polar surface area (TPSA) is 38.1 Å². The molecule has 96 valence electrons. The van der Waals surface area contributed by atoms with Crippen LogP contribution in [0.15, 0.2) is 28.9 Å². The Kier molecular flexibility index (Phi) is 3.88. The summed E-state index contributed by atoms with van der Waals surface area (Å²) in [6.45, 7) is 4.14. The molecule has 18 heavy (non-hydrogen) atoms. The van der Waals surface area contributed by atoms with E-state index in [9.17, 15) is 5.11 Å². The number of hydrogen-bond donors (Lipinski definition) is 1. The molecule has 3 nitrogen and oxygen atoms in total. The van der Waals surface area contributed by atoms with Gasteiger partial charge in [-0.15, -0.1) is 0 Å². The second-order valence-corrected chi connectivity index (χ2v) is 5.57. The zero-order chi connectivity index (χ0) is 13.3. The molecule has 0 spiro atoms. The lowest BCUT2D eigenvalue weighted by atomic mass is 10.0.